The number of fused-ring (bicyclic) bond motifs is 1. The first-order valence-corrected chi connectivity index (χ1v) is 13.9. The summed E-state index contributed by atoms with van der Waals surface area (Å²) in [6.45, 7) is -1.41. The summed E-state index contributed by atoms with van der Waals surface area (Å²) < 4.78 is 66.6. The fourth-order valence-corrected chi connectivity index (χ4v) is 4.67. The summed E-state index contributed by atoms with van der Waals surface area (Å²) in [6.07, 6.45) is -1.18. The van der Waals surface area contributed by atoms with E-state index in [9.17, 15) is 31.2 Å². The molecule has 0 spiro atoms. The lowest BCUT2D eigenvalue weighted by atomic mass is 9.96. The van der Waals surface area contributed by atoms with Crippen LogP contribution in [0.3, 0.4) is 0 Å². The van der Waals surface area contributed by atoms with E-state index >= 15 is 0 Å². The third kappa shape index (κ3) is 7.35. The Hall–Kier alpha value is -4.45. The van der Waals surface area contributed by atoms with Crippen molar-refractivity contribution in [3.05, 3.63) is 65.0 Å². The highest BCUT2D eigenvalue weighted by Crippen LogP contribution is 2.29. The van der Waals surface area contributed by atoms with Crippen LogP contribution >= 0.6 is 0 Å². The molecule has 2 aromatic heterocycles. The number of aromatic nitrogens is 3. The van der Waals surface area contributed by atoms with Gasteiger partial charge in [-0.05, 0) is 42.7 Å². The molecule has 40 heavy (non-hydrogen) atoms. The third-order valence-electron chi connectivity index (χ3n) is 5.79. The largest absolute Gasteiger partial charge is 0.484 e. The Morgan fingerprint density at radius 2 is 2.08 bits per heavy atom. The second-order valence-corrected chi connectivity index (χ2v) is 11.3. The molecule has 0 saturated heterocycles. The highest BCUT2D eigenvalue weighted by molar-refractivity contribution is 7.91. The van der Waals surface area contributed by atoms with Crippen LogP contribution in [-0.4, -0.2) is 65.8 Å². The molecule has 1 aliphatic heterocycles. The molecule has 11 nitrogen and oxygen atoms in total. The predicted octanol–water partition coefficient (Wildman–Crippen LogP) is 2.35. The summed E-state index contributed by atoms with van der Waals surface area (Å²) in [6, 6.07) is 10.7. The van der Waals surface area contributed by atoms with Crippen molar-refractivity contribution in [3.63, 3.8) is 0 Å². The van der Waals surface area contributed by atoms with Gasteiger partial charge in [0.25, 0.3) is 5.91 Å². The third-order valence-corrected chi connectivity index (χ3v) is 6.57. The molecule has 0 fully saturated rings. The Morgan fingerprint density at radius 1 is 1.30 bits per heavy atom. The SMILES string of the molecule is CS(=O)(=O)CC(=O)Nc1c2c(nn1-c1ccc(C#N)cn1)C[C@H](CCc1cccc(OCC(F)(F)F)c1)NC2=O. The number of hydrogen-bond acceptors (Lipinski definition) is 8. The van der Waals surface area contributed by atoms with Crippen molar-refractivity contribution in [1.82, 2.24) is 20.1 Å². The molecule has 0 radical (unpaired) electrons. The first kappa shape index (κ1) is 28.6. The molecular weight excluding hydrogens is 553 g/mol. The van der Waals surface area contributed by atoms with Gasteiger partial charge < -0.3 is 15.4 Å². The number of amides is 2. The van der Waals surface area contributed by atoms with Crippen LogP contribution in [0.4, 0.5) is 19.0 Å². The maximum atomic E-state index is 13.1. The van der Waals surface area contributed by atoms with Crippen LogP contribution in [0.15, 0.2) is 42.6 Å². The van der Waals surface area contributed by atoms with Crippen LogP contribution in [0.5, 0.6) is 5.75 Å². The summed E-state index contributed by atoms with van der Waals surface area (Å²) in [5.74, 6) is -2.04. The lowest BCUT2D eigenvalue weighted by Gasteiger charge is -2.23. The van der Waals surface area contributed by atoms with Crippen molar-refractivity contribution in [3.8, 4) is 17.6 Å². The average Bonchev–Trinajstić information content (AvgIpc) is 3.23. The number of rotatable bonds is 9. The van der Waals surface area contributed by atoms with Gasteiger partial charge in [-0.15, -0.1) is 0 Å². The number of hydrogen-bond donors (Lipinski definition) is 2. The fourth-order valence-electron chi connectivity index (χ4n) is 4.12. The number of ether oxygens (including phenoxy) is 1. The number of alkyl halides is 3. The zero-order valence-electron chi connectivity index (χ0n) is 21.0. The Morgan fingerprint density at radius 3 is 2.73 bits per heavy atom. The minimum atomic E-state index is -4.46. The summed E-state index contributed by atoms with van der Waals surface area (Å²) in [5.41, 5.74) is 1.36. The normalized spacial score (nSPS) is 15.1. The van der Waals surface area contributed by atoms with Gasteiger partial charge >= 0.3 is 6.18 Å². The first-order valence-electron chi connectivity index (χ1n) is 11.9. The van der Waals surface area contributed by atoms with Gasteiger partial charge in [0.05, 0.1) is 11.3 Å². The zero-order chi connectivity index (χ0) is 29.1. The molecule has 2 amide bonds. The van der Waals surface area contributed by atoms with Crippen LogP contribution in [0.1, 0.15) is 33.6 Å². The van der Waals surface area contributed by atoms with Crippen molar-refractivity contribution in [2.75, 3.05) is 23.9 Å². The molecule has 210 valence electrons. The van der Waals surface area contributed by atoms with Crippen LogP contribution in [0.2, 0.25) is 0 Å². The maximum Gasteiger partial charge on any atom is 0.422 e. The number of benzene rings is 1. The van der Waals surface area contributed by atoms with Crippen LogP contribution in [0.25, 0.3) is 5.82 Å². The van der Waals surface area contributed by atoms with Gasteiger partial charge in [-0.2, -0.15) is 28.2 Å². The fraction of sp³-hybridized carbons (Fsp3) is 0.320. The van der Waals surface area contributed by atoms with E-state index in [4.69, 9.17) is 10.00 Å². The standard InChI is InChI=1S/C25H23F3N6O5S/c1-40(37,38)13-21(35)32-23-22-19(33-34(23)20-8-6-16(11-29)12-30-20)10-17(31-24(22)36)7-5-15-3-2-4-18(9-15)39-14-25(26,27)28/h2-4,6,8-9,12,17H,5,7,10,13-14H2,1H3,(H,31,36)(H,32,35)/t17-/m0/s1. The maximum absolute atomic E-state index is 13.1. The van der Waals surface area contributed by atoms with Crippen molar-refractivity contribution in [2.24, 2.45) is 0 Å². The first-order chi connectivity index (χ1) is 18.8. The monoisotopic (exact) mass is 576 g/mol. The van der Waals surface area contributed by atoms with E-state index in [0.29, 0.717) is 24.1 Å². The van der Waals surface area contributed by atoms with E-state index < -0.39 is 46.2 Å². The lowest BCUT2D eigenvalue weighted by molar-refractivity contribution is -0.153. The Balaban J connectivity index is 1.56. The Labute approximate surface area is 226 Å². The van der Waals surface area contributed by atoms with E-state index in [2.05, 4.69) is 20.7 Å². The highest BCUT2D eigenvalue weighted by atomic mass is 32.2. The number of pyridine rings is 1. The number of nitrogens with one attached hydrogen (secondary N) is 2. The molecule has 3 aromatic rings. The molecule has 0 saturated carbocycles. The second kappa shape index (κ2) is 11.3. The molecule has 2 N–H and O–H groups in total. The number of anilines is 1. The van der Waals surface area contributed by atoms with Gasteiger partial charge in [-0.3, -0.25) is 9.59 Å². The summed E-state index contributed by atoms with van der Waals surface area (Å²) >= 11 is 0. The molecule has 1 aromatic carbocycles. The van der Waals surface area contributed by atoms with E-state index in [0.717, 1.165) is 6.26 Å². The van der Waals surface area contributed by atoms with Crippen molar-refractivity contribution in [1.29, 1.82) is 5.26 Å². The van der Waals surface area contributed by atoms with E-state index in [1.807, 2.05) is 6.07 Å². The topological polar surface area (TPSA) is 156 Å². The van der Waals surface area contributed by atoms with Gasteiger partial charge in [-0.1, -0.05) is 12.1 Å². The molecular formula is C25H23F3N6O5S. The molecule has 4 rings (SSSR count). The van der Waals surface area contributed by atoms with Gasteiger partial charge in [0.1, 0.15) is 23.1 Å². The molecule has 15 heteroatoms. The second-order valence-electron chi connectivity index (χ2n) is 9.18. The summed E-state index contributed by atoms with van der Waals surface area (Å²) in [5, 5.41) is 18.8. The number of carbonyl (C=O) groups excluding carboxylic acids is 2. The lowest BCUT2D eigenvalue weighted by Crippen LogP contribution is -2.41. The molecule has 0 aliphatic carbocycles. The van der Waals surface area contributed by atoms with Crippen LogP contribution in [-0.2, 0) is 27.5 Å². The molecule has 0 bridgehead atoms. The Bertz CT molecular complexity index is 1580. The van der Waals surface area contributed by atoms with Gasteiger partial charge in [-0.25, -0.2) is 13.4 Å². The number of halogens is 3. The number of carbonyl (C=O) groups is 2. The van der Waals surface area contributed by atoms with Gasteiger partial charge in [0.2, 0.25) is 5.91 Å². The summed E-state index contributed by atoms with van der Waals surface area (Å²) in [4.78, 5) is 29.8. The average molecular weight is 577 g/mol. The van der Waals surface area contributed by atoms with E-state index in [1.54, 1.807) is 12.1 Å². The van der Waals surface area contributed by atoms with E-state index in [1.165, 1.54) is 35.1 Å². The number of aryl methyl sites for hydroxylation is 1. The minimum absolute atomic E-state index is 0.0480. The van der Waals surface area contributed by atoms with Crippen molar-refractivity contribution < 1.29 is 35.9 Å². The van der Waals surface area contributed by atoms with Crippen molar-refractivity contribution >= 4 is 27.5 Å². The minimum Gasteiger partial charge on any atom is -0.484 e. The number of sulfone groups is 1. The van der Waals surface area contributed by atoms with E-state index in [-0.39, 0.29) is 34.9 Å². The van der Waals surface area contributed by atoms with Gasteiger partial charge in [0.15, 0.2) is 28.1 Å². The Kier molecular flexibility index (Phi) is 8.10. The molecule has 0 unspecified atom stereocenters. The predicted molar refractivity (Wildman–Crippen MR) is 136 cm³/mol. The highest BCUT2D eigenvalue weighted by Gasteiger charge is 2.33. The molecule has 3 heterocycles. The number of nitriles is 1. The van der Waals surface area contributed by atoms with Crippen LogP contribution < -0.4 is 15.4 Å². The quantitative estimate of drug-likeness (QED) is 0.393. The number of nitrogens with zero attached hydrogens (tertiary/aromatic N) is 4. The smallest absolute Gasteiger partial charge is 0.422 e. The van der Waals surface area contributed by atoms with Crippen molar-refractivity contribution in [2.45, 2.75) is 31.5 Å². The molecule has 1 aliphatic rings. The zero-order valence-corrected chi connectivity index (χ0v) is 21.8. The van der Waals surface area contributed by atoms with Crippen LogP contribution in [0, 0.1) is 11.3 Å². The summed E-state index contributed by atoms with van der Waals surface area (Å²) in [7, 11) is -3.66. The van der Waals surface area contributed by atoms with Gasteiger partial charge in [0, 0.05) is 24.9 Å². The molecule has 1 atom stereocenters.